The summed E-state index contributed by atoms with van der Waals surface area (Å²) in [5.41, 5.74) is 5.22. The summed E-state index contributed by atoms with van der Waals surface area (Å²) in [7, 11) is 0. The molecule has 0 unspecified atom stereocenters. The van der Waals surface area contributed by atoms with Crippen LogP contribution in [0.3, 0.4) is 0 Å². The van der Waals surface area contributed by atoms with Gasteiger partial charge in [-0.15, -0.1) is 0 Å². The van der Waals surface area contributed by atoms with Crippen molar-refractivity contribution in [2.75, 3.05) is 19.6 Å². The van der Waals surface area contributed by atoms with E-state index in [1.807, 2.05) is 0 Å². The van der Waals surface area contributed by atoms with Crippen molar-refractivity contribution in [1.29, 1.82) is 0 Å². The monoisotopic (exact) mass is 174 g/mol. The third-order valence-corrected chi connectivity index (χ3v) is 1.56. The highest BCUT2D eigenvalue weighted by Crippen LogP contribution is 1.98. The van der Waals surface area contributed by atoms with Gasteiger partial charge in [-0.2, -0.15) is 0 Å². The van der Waals surface area contributed by atoms with E-state index in [1.54, 1.807) is 13.8 Å². The van der Waals surface area contributed by atoms with E-state index in [-0.39, 0.29) is 11.7 Å². The fraction of sp³-hybridized carbons (Fsp3) is 0.875. The lowest BCUT2D eigenvalue weighted by Crippen LogP contribution is -2.37. The van der Waals surface area contributed by atoms with E-state index in [1.165, 1.54) is 0 Å². The van der Waals surface area contributed by atoms with Crippen LogP contribution in [0.4, 0.5) is 0 Å². The summed E-state index contributed by atoms with van der Waals surface area (Å²) in [6.07, 6.45) is -0.892. The van der Waals surface area contributed by atoms with Crippen LogP contribution in [0.25, 0.3) is 0 Å². The highest BCUT2D eigenvalue weighted by molar-refractivity contribution is 5.84. The predicted octanol–water partition coefficient (Wildman–Crippen LogP) is -0.879. The first-order chi connectivity index (χ1) is 5.59. The zero-order valence-corrected chi connectivity index (χ0v) is 7.71. The van der Waals surface area contributed by atoms with Crippen molar-refractivity contribution in [3.8, 4) is 0 Å². The molecule has 0 aromatic heterocycles. The number of nitrogens with two attached hydrogens (primary N) is 1. The Morgan fingerprint density at radius 2 is 2.17 bits per heavy atom. The molecule has 0 amide bonds. The van der Waals surface area contributed by atoms with Crippen molar-refractivity contribution in [3.05, 3.63) is 0 Å². The molecule has 4 heteroatoms. The molecule has 0 aromatic carbocycles. The summed E-state index contributed by atoms with van der Waals surface area (Å²) in [5.74, 6) is -0.237. The summed E-state index contributed by atoms with van der Waals surface area (Å²) in [5, 5.41) is 12.1. The fourth-order valence-corrected chi connectivity index (χ4v) is 0.826. The number of Topliss-reactive ketones (excluding diaryl/α,β-unsaturated/α-hetero) is 1. The maximum absolute atomic E-state index is 11.1. The number of rotatable bonds is 6. The SMILES string of the molecule is CC(C)C(=O)[C@@H](O)CNCCN. The summed E-state index contributed by atoms with van der Waals surface area (Å²) >= 11 is 0. The van der Waals surface area contributed by atoms with Crippen LogP contribution >= 0.6 is 0 Å². The summed E-state index contributed by atoms with van der Waals surface area (Å²) in [6.45, 7) is 4.99. The van der Waals surface area contributed by atoms with Crippen molar-refractivity contribution < 1.29 is 9.90 Å². The average Bonchev–Trinajstić information content (AvgIpc) is 2.03. The van der Waals surface area contributed by atoms with E-state index >= 15 is 0 Å². The van der Waals surface area contributed by atoms with Crippen LogP contribution in [-0.4, -0.2) is 36.6 Å². The maximum atomic E-state index is 11.1. The summed E-state index contributed by atoms with van der Waals surface area (Å²) in [4.78, 5) is 11.1. The fourth-order valence-electron chi connectivity index (χ4n) is 0.826. The van der Waals surface area contributed by atoms with Gasteiger partial charge in [0.05, 0.1) is 0 Å². The Labute approximate surface area is 73.1 Å². The normalized spacial score (nSPS) is 13.4. The highest BCUT2D eigenvalue weighted by Gasteiger charge is 2.17. The van der Waals surface area contributed by atoms with Gasteiger partial charge in [0.25, 0.3) is 0 Å². The van der Waals surface area contributed by atoms with Crippen LogP contribution in [-0.2, 0) is 4.79 Å². The molecule has 0 aliphatic rings. The third kappa shape index (κ3) is 4.43. The lowest BCUT2D eigenvalue weighted by Gasteiger charge is -2.12. The topological polar surface area (TPSA) is 75.3 Å². The van der Waals surface area contributed by atoms with Gasteiger partial charge in [0.2, 0.25) is 0 Å². The molecule has 72 valence electrons. The van der Waals surface area contributed by atoms with Gasteiger partial charge in [0.15, 0.2) is 5.78 Å². The van der Waals surface area contributed by atoms with Crippen LogP contribution in [0.15, 0.2) is 0 Å². The van der Waals surface area contributed by atoms with Crippen LogP contribution in [0, 0.1) is 5.92 Å². The van der Waals surface area contributed by atoms with E-state index in [4.69, 9.17) is 5.73 Å². The number of carbonyl (C=O) groups excluding carboxylic acids is 1. The molecule has 0 rings (SSSR count). The Kier molecular flexibility index (Phi) is 5.88. The lowest BCUT2D eigenvalue weighted by molar-refractivity contribution is -0.129. The zero-order valence-electron chi connectivity index (χ0n) is 7.71. The second-order valence-electron chi connectivity index (χ2n) is 3.07. The number of carbonyl (C=O) groups is 1. The number of hydrogen-bond donors (Lipinski definition) is 3. The summed E-state index contributed by atoms with van der Waals surface area (Å²) in [6, 6.07) is 0. The molecule has 12 heavy (non-hydrogen) atoms. The molecule has 4 nitrogen and oxygen atoms in total. The number of aliphatic hydroxyl groups excluding tert-OH is 1. The van der Waals surface area contributed by atoms with Crippen molar-refractivity contribution in [3.63, 3.8) is 0 Å². The molecule has 4 N–H and O–H groups in total. The number of ketones is 1. The second kappa shape index (κ2) is 6.11. The molecule has 0 saturated heterocycles. The van der Waals surface area contributed by atoms with Gasteiger partial charge < -0.3 is 16.2 Å². The molecule has 0 saturated carbocycles. The first kappa shape index (κ1) is 11.6. The molecule has 0 aromatic rings. The lowest BCUT2D eigenvalue weighted by atomic mass is 10.0. The molecular formula is C8H18N2O2. The van der Waals surface area contributed by atoms with Gasteiger partial charge in [-0.3, -0.25) is 4.79 Å². The molecule has 0 fully saturated rings. The van der Waals surface area contributed by atoms with E-state index in [0.717, 1.165) is 0 Å². The van der Waals surface area contributed by atoms with E-state index in [2.05, 4.69) is 5.32 Å². The van der Waals surface area contributed by atoms with Crippen LogP contribution in [0.2, 0.25) is 0 Å². The smallest absolute Gasteiger partial charge is 0.165 e. The Bertz CT molecular complexity index is 137. The van der Waals surface area contributed by atoms with E-state index in [9.17, 15) is 9.90 Å². The van der Waals surface area contributed by atoms with Gasteiger partial charge in [-0.25, -0.2) is 0 Å². The van der Waals surface area contributed by atoms with Crippen molar-refractivity contribution in [1.82, 2.24) is 5.32 Å². The largest absolute Gasteiger partial charge is 0.384 e. The van der Waals surface area contributed by atoms with Gasteiger partial charge in [0, 0.05) is 25.6 Å². The van der Waals surface area contributed by atoms with Gasteiger partial charge >= 0.3 is 0 Å². The van der Waals surface area contributed by atoms with Crippen LogP contribution < -0.4 is 11.1 Å². The van der Waals surface area contributed by atoms with Crippen molar-refractivity contribution in [2.45, 2.75) is 20.0 Å². The molecule has 0 aliphatic heterocycles. The quantitative estimate of drug-likeness (QED) is 0.457. The number of aliphatic hydroxyl groups is 1. The average molecular weight is 174 g/mol. The highest BCUT2D eigenvalue weighted by atomic mass is 16.3. The van der Waals surface area contributed by atoms with Gasteiger partial charge in [-0.05, 0) is 0 Å². The van der Waals surface area contributed by atoms with Crippen LogP contribution in [0.5, 0.6) is 0 Å². The zero-order chi connectivity index (χ0) is 9.56. The first-order valence-electron chi connectivity index (χ1n) is 4.22. The molecular weight excluding hydrogens is 156 g/mol. The maximum Gasteiger partial charge on any atom is 0.165 e. The molecule has 0 aliphatic carbocycles. The standard InChI is InChI=1S/C8H18N2O2/c1-6(2)8(12)7(11)5-10-4-3-9/h6-7,10-11H,3-5,9H2,1-2H3/t7-/m0/s1. The Morgan fingerprint density at radius 1 is 1.58 bits per heavy atom. The molecule has 1 atom stereocenters. The minimum Gasteiger partial charge on any atom is -0.384 e. The van der Waals surface area contributed by atoms with Gasteiger partial charge in [-0.1, -0.05) is 13.8 Å². The Morgan fingerprint density at radius 3 is 2.58 bits per heavy atom. The summed E-state index contributed by atoms with van der Waals surface area (Å²) < 4.78 is 0. The Hall–Kier alpha value is -0.450. The second-order valence-corrected chi connectivity index (χ2v) is 3.07. The molecule has 0 radical (unpaired) electrons. The minimum absolute atomic E-state index is 0.111. The molecule has 0 bridgehead atoms. The first-order valence-corrected chi connectivity index (χ1v) is 4.22. The predicted molar refractivity (Wildman–Crippen MR) is 47.8 cm³/mol. The van der Waals surface area contributed by atoms with Crippen LogP contribution in [0.1, 0.15) is 13.8 Å². The molecule has 0 heterocycles. The third-order valence-electron chi connectivity index (χ3n) is 1.56. The number of hydrogen-bond acceptors (Lipinski definition) is 4. The number of nitrogens with one attached hydrogen (secondary N) is 1. The Balaban J connectivity index is 3.57. The van der Waals surface area contributed by atoms with E-state index < -0.39 is 6.10 Å². The molecule has 0 spiro atoms. The van der Waals surface area contributed by atoms with Crippen molar-refractivity contribution in [2.24, 2.45) is 11.7 Å². The minimum atomic E-state index is -0.892. The van der Waals surface area contributed by atoms with E-state index in [0.29, 0.717) is 19.6 Å². The van der Waals surface area contributed by atoms with Crippen molar-refractivity contribution >= 4 is 5.78 Å². The van der Waals surface area contributed by atoms with Gasteiger partial charge in [0.1, 0.15) is 6.10 Å².